The van der Waals surface area contributed by atoms with Gasteiger partial charge in [0, 0.05) is 11.8 Å². The van der Waals surface area contributed by atoms with Crippen LogP contribution < -0.4 is 5.32 Å². The van der Waals surface area contributed by atoms with Gasteiger partial charge in [-0.3, -0.25) is 4.99 Å². The number of nitrogens with one attached hydrogen (secondary N) is 1. The molecule has 104 valence electrons. The highest BCUT2D eigenvalue weighted by molar-refractivity contribution is 5.98. The lowest BCUT2D eigenvalue weighted by molar-refractivity contribution is 0.457. The minimum Gasteiger partial charge on any atom is -0.316 e. The van der Waals surface area contributed by atoms with E-state index in [-0.39, 0.29) is 0 Å². The molecule has 3 atom stereocenters. The molecule has 0 radical (unpaired) electrons. The largest absolute Gasteiger partial charge is 0.316 e. The van der Waals surface area contributed by atoms with Gasteiger partial charge in [0.25, 0.3) is 0 Å². The fraction of sp³-hybridized carbons (Fsp3) is 0.588. The molecule has 0 heterocycles. The van der Waals surface area contributed by atoms with Crippen LogP contribution >= 0.6 is 0 Å². The fourth-order valence-corrected chi connectivity index (χ4v) is 3.17. The van der Waals surface area contributed by atoms with Crippen LogP contribution in [0.2, 0.25) is 0 Å². The van der Waals surface area contributed by atoms with E-state index < -0.39 is 0 Å². The predicted octanol–water partition coefficient (Wildman–Crippen LogP) is 3.52. The van der Waals surface area contributed by atoms with Crippen molar-refractivity contribution in [3.8, 4) is 0 Å². The summed E-state index contributed by atoms with van der Waals surface area (Å²) in [6.07, 6.45) is 10.8. The van der Waals surface area contributed by atoms with Crippen LogP contribution in [0.15, 0.2) is 40.9 Å². The molecule has 2 nitrogen and oxygen atoms in total. The Morgan fingerprint density at radius 1 is 1.42 bits per heavy atom. The second kappa shape index (κ2) is 6.33. The first-order chi connectivity index (χ1) is 9.11. The van der Waals surface area contributed by atoms with Crippen molar-refractivity contribution in [3.63, 3.8) is 0 Å². The average Bonchev–Trinajstić information content (AvgIpc) is 2.64. The first-order valence-electron chi connectivity index (χ1n) is 7.32. The number of rotatable bonds is 4. The number of aliphatic imine (C=N–C) groups is 1. The minimum absolute atomic E-state index is 0.643. The predicted molar refractivity (Wildman–Crippen MR) is 83.7 cm³/mol. The number of fused-ring (bicyclic) bond motifs is 1. The maximum Gasteiger partial charge on any atom is 0.0597 e. The number of hydrogen-bond donors (Lipinski definition) is 1. The minimum atomic E-state index is 0.643. The van der Waals surface area contributed by atoms with Gasteiger partial charge in [-0.15, -0.1) is 0 Å². The van der Waals surface area contributed by atoms with Crippen molar-refractivity contribution in [2.24, 2.45) is 16.8 Å². The van der Waals surface area contributed by atoms with Crippen molar-refractivity contribution < 1.29 is 0 Å². The maximum absolute atomic E-state index is 4.64. The molecule has 1 fully saturated rings. The quantitative estimate of drug-likeness (QED) is 0.605. The third kappa shape index (κ3) is 3.44. The van der Waals surface area contributed by atoms with Crippen molar-refractivity contribution in [1.82, 2.24) is 5.32 Å². The topological polar surface area (TPSA) is 24.4 Å². The molecule has 0 saturated heterocycles. The number of nitrogens with zero attached hydrogens (tertiary/aromatic N) is 1. The van der Waals surface area contributed by atoms with Crippen LogP contribution in [0.5, 0.6) is 0 Å². The molecule has 0 bridgehead atoms. The third-order valence-electron chi connectivity index (χ3n) is 4.30. The molecule has 0 aromatic carbocycles. The monoisotopic (exact) mass is 258 g/mol. The van der Waals surface area contributed by atoms with Gasteiger partial charge in [-0.25, -0.2) is 0 Å². The standard InChI is InChI=1S/C17H26N2/c1-12(2)11-19-13(3)14-6-5-7-16-15(10-14)8-9-17(16)18-4/h5,7,10,15-18H,1,6,8-9,11H2,2-4H3. The summed E-state index contributed by atoms with van der Waals surface area (Å²) >= 11 is 0. The molecule has 0 amide bonds. The van der Waals surface area contributed by atoms with Crippen LogP contribution in [0.25, 0.3) is 0 Å². The van der Waals surface area contributed by atoms with Crippen molar-refractivity contribution >= 4 is 5.71 Å². The molecular weight excluding hydrogens is 232 g/mol. The van der Waals surface area contributed by atoms with Gasteiger partial charge in [-0.05, 0) is 57.6 Å². The Kier molecular flexibility index (Phi) is 4.76. The summed E-state index contributed by atoms with van der Waals surface area (Å²) in [6.45, 7) is 8.83. The molecule has 2 aliphatic rings. The first kappa shape index (κ1) is 14.3. The van der Waals surface area contributed by atoms with Crippen LogP contribution in [0.4, 0.5) is 0 Å². The molecule has 0 aromatic rings. The second-order valence-electron chi connectivity index (χ2n) is 5.90. The highest BCUT2D eigenvalue weighted by Gasteiger charge is 2.33. The molecule has 0 spiro atoms. The Labute approximate surface area is 117 Å². The fourth-order valence-electron chi connectivity index (χ4n) is 3.17. The van der Waals surface area contributed by atoms with E-state index in [0.29, 0.717) is 17.9 Å². The van der Waals surface area contributed by atoms with E-state index in [2.05, 4.69) is 49.1 Å². The van der Waals surface area contributed by atoms with Gasteiger partial charge >= 0.3 is 0 Å². The van der Waals surface area contributed by atoms with Gasteiger partial charge in [-0.1, -0.05) is 30.4 Å². The van der Waals surface area contributed by atoms with Gasteiger partial charge in [0.1, 0.15) is 0 Å². The summed E-state index contributed by atoms with van der Waals surface area (Å²) in [6, 6.07) is 0.643. The lowest BCUT2D eigenvalue weighted by atomic mass is 9.93. The second-order valence-corrected chi connectivity index (χ2v) is 5.90. The van der Waals surface area contributed by atoms with Gasteiger partial charge < -0.3 is 5.32 Å². The zero-order valence-corrected chi connectivity index (χ0v) is 12.4. The summed E-state index contributed by atoms with van der Waals surface area (Å²) < 4.78 is 0. The molecule has 3 unspecified atom stereocenters. The summed E-state index contributed by atoms with van der Waals surface area (Å²) in [5.41, 5.74) is 3.71. The van der Waals surface area contributed by atoms with Crippen LogP contribution in [0.3, 0.4) is 0 Å². The third-order valence-corrected chi connectivity index (χ3v) is 4.30. The smallest absolute Gasteiger partial charge is 0.0597 e. The Hall–Kier alpha value is -1.15. The summed E-state index contributed by atoms with van der Waals surface area (Å²) in [7, 11) is 2.08. The Bertz CT molecular complexity index is 429. The molecule has 19 heavy (non-hydrogen) atoms. The van der Waals surface area contributed by atoms with Crippen LogP contribution in [0, 0.1) is 11.8 Å². The van der Waals surface area contributed by atoms with E-state index >= 15 is 0 Å². The van der Waals surface area contributed by atoms with Crippen LogP contribution in [0.1, 0.15) is 33.1 Å². The lowest BCUT2D eigenvalue weighted by Gasteiger charge is -2.18. The van der Waals surface area contributed by atoms with E-state index in [9.17, 15) is 0 Å². The first-order valence-corrected chi connectivity index (χ1v) is 7.32. The number of hydrogen-bond acceptors (Lipinski definition) is 2. The Balaban J connectivity index is 2.13. The molecule has 2 rings (SSSR count). The summed E-state index contributed by atoms with van der Waals surface area (Å²) in [5, 5.41) is 3.45. The number of allylic oxidation sites excluding steroid dienone is 3. The van der Waals surface area contributed by atoms with E-state index in [1.54, 1.807) is 0 Å². The highest BCUT2D eigenvalue weighted by atomic mass is 14.9. The van der Waals surface area contributed by atoms with Crippen LogP contribution in [-0.2, 0) is 0 Å². The van der Waals surface area contributed by atoms with E-state index in [1.165, 1.54) is 24.1 Å². The maximum atomic E-state index is 4.64. The van der Waals surface area contributed by atoms with Gasteiger partial charge in [0.05, 0.1) is 6.54 Å². The van der Waals surface area contributed by atoms with Gasteiger partial charge in [0.2, 0.25) is 0 Å². The molecule has 2 heteroatoms. The lowest BCUT2D eigenvalue weighted by Crippen LogP contribution is -2.29. The highest BCUT2D eigenvalue weighted by Crippen LogP contribution is 2.37. The van der Waals surface area contributed by atoms with Crippen LogP contribution in [-0.4, -0.2) is 25.3 Å². The Morgan fingerprint density at radius 2 is 2.21 bits per heavy atom. The van der Waals surface area contributed by atoms with Gasteiger partial charge in [0.15, 0.2) is 0 Å². The van der Waals surface area contributed by atoms with Crippen molar-refractivity contribution in [2.45, 2.75) is 39.2 Å². The normalized spacial score (nSPS) is 30.8. The molecule has 0 aromatic heterocycles. The molecule has 0 aliphatic heterocycles. The van der Waals surface area contributed by atoms with Gasteiger partial charge in [-0.2, -0.15) is 0 Å². The zero-order valence-electron chi connectivity index (χ0n) is 12.4. The van der Waals surface area contributed by atoms with E-state index in [1.807, 2.05) is 6.92 Å². The van der Waals surface area contributed by atoms with E-state index in [0.717, 1.165) is 18.5 Å². The Morgan fingerprint density at radius 3 is 2.89 bits per heavy atom. The van der Waals surface area contributed by atoms with Crippen molar-refractivity contribution in [3.05, 3.63) is 36.0 Å². The molecule has 1 saturated carbocycles. The zero-order chi connectivity index (χ0) is 13.8. The van der Waals surface area contributed by atoms with Crippen molar-refractivity contribution in [2.75, 3.05) is 13.6 Å². The molecular formula is C17H26N2. The average molecular weight is 258 g/mol. The summed E-state index contributed by atoms with van der Waals surface area (Å²) in [4.78, 5) is 4.64. The SMILES string of the molecule is C=C(C)CN=C(C)C1=CC2CCC(NC)C2C=CC1. The molecule has 1 N–H and O–H groups in total. The van der Waals surface area contributed by atoms with E-state index in [4.69, 9.17) is 0 Å². The van der Waals surface area contributed by atoms with Crippen molar-refractivity contribution in [1.29, 1.82) is 0 Å². The molecule has 2 aliphatic carbocycles. The summed E-state index contributed by atoms with van der Waals surface area (Å²) in [5.74, 6) is 1.35.